The number of rotatable bonds is 5. The summed E-state index contributed by atoms with van der Waals surface area (Å²) in [4.78, 5) is 15.0. The molecule has 7 heteroatoms. The van der Waals surface area contributed by atoms with Crippen molar-refractivity contribution in [1.29, 1.82) is 0 Å². The van der Waals surface area contributed by atoms with E-state index in [1.165, 1.54) is 0 Å². The third-order valence-electron chi connectivity index (χ3n) is 2.96. The molecule has 0 atom stereocenters. The number of halogens is 1. The summed E-state index contributed by atoms with van der Waals surface area (Å²) in [6.45, 7) is 6.29. The highest BCUT2D eigenvalue weighted by Crippen LogP contribution is 2.14. The number of pyridine rings is 1. The van der Waals surface area contributed by atoms with Crippen LogP contribution in [0.4, 0.5) is 5.95 Å². The predicted octanol–water partition coefficient (Wildman–Crippen LogP) is 2.95. The quantitative estimate of drug-likeness (QED) is 0.795. The summed E-state index contributed by atoms with van der Waals surface area (Å²) in [6, 6.07) is 3.60. The van der Waals surface area contributed by atoms with Crippen molar-refractivity contribution in [3.8, 4) is 0 Å². The fraction of sp³-hybridized carbons (Fsp3) is 0.385. The molecule has 0 N–H and O–H groups in total. The second kappa shape index (κ2) is 6.76. The lowest BCUT2D eigenvalue weighted by molar-refractivity contribution is 0.693. The van der Waals surface area contributed by atoms with Gasteiger partial charge in [-0.15, -0.1) is 0 Å². The molecule has 20 heavy (non-hydrogen) atoms. The number of hydrogen-bond acceptors (Lipinski definition) is 5. The summed E-state index contributed by atoms with van der Waals surface area (Å²) in [6.07, 6.45) is 3.39. The highest BCUT2D eigenvalue weighted by Gasteiger charge is 2.07. The van der Waals surface area contributed by atoms with Crippen molar-refractivity contribution in [2.45, 2.75) is 20.4 Å². The van der Waals surface area contributed by atoms with Gasteiger partial charge in [0, 0.05) is 19.3 Å². The van der Waals surface area contributed by atoms with Gasteiger partial charge in [0.15, 0.2) is 0 Å². The molecule has 0 aliphatic carbocycles. The fourth-order valence-electron chi connectivity index (χ4n) is 1.81. The molecule has 5 nitrogen and oxygen atoms in total. The SMILES string of the molecule is CCN(CC)c1ncn(Cc2ncccc2Cl)c(=S)n1. The van der Waals surface area contributed by atoms with E-state index in [1.807, 2.05) is 4.90 Å². The fourth-order valence-corrected chi connectivity index (χ4v) is 2.19. The van der Waals surface area contributed by atoms with Gasteiger partial charge in [-0.2, -0.15) is 4.98 Å². The van der Waals surface area contributed by atoms with Crippen molar-refractivity contribution in [1.82, 2.24) is 19.5 Å². The number of anilines is 1. The van der Waals surface area contributed by atoms with Gasteiger partial charge >= 0.3 is 0 Å². The van der Waals surface area contributed by atoms with Gasteiger partial charge < -0.3 is 9.47 Å². The van der Waals surface area contributed by atoms with Gasteiger partial charge in [0.25, 0.3) is 0 Å². The van der Waals surface area contributed by atoms with E-state index in [1.54, 1.807) is 29.2 Å². The minimum Gasteiger partial charge on any atom is -0.341 e. The maximum atomic E-state index is 6.09. The third kappa shape index (κ3) is 3.32. The molecule has 2 aromatic rings. The molecule has 0 bridgehead atoms. The number of hydrogen-bond donors (Lipinski definition) is 0. The van der Waals surface area contributed by atoms with E-state index in [9.17, 15) is 0 Å². The van der Waals surface area contributed by atoms with Gasteiger partial charge in [-0.3, -0.25) is 4.98 Å². The molecule has 0 fully saturated rings. The first-order valence-corrected chi connectivity index (χ1v) is 7.22. The standard InChI is InChI=1S/C13H16ClN5S/c1-3-18(4-2)12-16-9-19(13(20)17-12)8-11-10(14)6-5-7-15-11/h5-7,9H,3-4,8H2,1-2H3. The summed E-state index contributed by atoms with van der Waals surface area (Å²) in [5, 5.41) is 0.613. The molecule has 0 radical (unpaired) electrons. The zero-order chi connectivity index (χ0) is 14.5. The van der Waals surface area contributed by atoms with Gasteiger partial charge in [0.1, 0.15) is 6.33 Å². The largest absolute Gasteiger partial charge is 0.341 e. The van der Waals surface area contributed by atoms with Crippen LogP contribution in [0.5, 0.6) is 0 Å². The zero-order valence-corrected chi connectivity index (χ0v) is 13.0. The maximum absolute atomic E-state index is 6.09. The summed E-state index contributed by atoms with van der Waals surface area (Å²) < 4.78 is 2.24. The average Bonchev–Trinajstić information content (AvgIpc) is 2.45. The molecule has 0 saturated heterocycles. The molecule has 106 valence electrons. The Kier molecular flexibility index (Phi) is 5.03. The van der Waals surface area contributed by atoms with Crippen LogP contribution < -0.4 is 4.90 Å². The average molecular weight is 310 g/mol. The second-order valence-electron chi connectivity index (χ2n) is 4.17. The summed E-state index contributed by atoms with van der Waals surface area (Å²) >= 11 is 11.4. The first kappa shape index (κ1) is 14.9. The van der Waals surface area contributed by atoms with Crippen molar-refractivity contribution < 1.29 is 0 Å². The van der Waals surface area contributed by atoms with Crippen molar-refractivity contribution in [3.63, 3.8) is 0 Å². The molecule has 0 aromatic carbocycles. The lowest BCUT2D eigenvalue weighted by Gasteiger charge is -2.18. The molecule has 0 spiro atoms. The van der Waals surface area contributed by atoms with Crippen LogP contribution in [0.25, 0.3) is 0 Å². The van der Waals surface area contributed by atoms with Crippen molar-refractivity contribution in [3.05, 3.63) is 40.1 Å². The van der Waals surface area contributed by atoms with Gasteiger partial charge in [-0.1, -0.05) is 11.6 Å². The molecule has 2 heterocycles. The monoisotopic (exact) mass is 309 g/mol. The van der Waals surface area contributed by atoms with Crippen LogP contribution in [0.15, 0.2) is 24.7 Å². The Labute approximate surface area is 128 Å². The van der Waals surface area contributed by atoms with E-state index < -0.39 is 0 Å². The van der Waals surface area contributed by atoms with Gasteiger partial charge in [0.05, 0.1) is 17.3 Å². The van der Waals surface area contributed by atoms with E-state index in [4.69, 9.17) is 23.8 Å². The Morgan fingerprint density at radius 2 is 2.05 bits per heavy atom. The zero-order valence-electron chi connectivity index (χ0n) is 11.5. The lowest BCUT2D eigenvalue weighted by atomic mass is 10.3. The lowest BCUT2D eigenvalue weighted by Crippen LogP contribution is -2.25. The van der Waals surface area contributed by atoms with E-state index in [-0.39, 0.29) is 0 Å². The van der Waals surface area contributed by atoms with Gasteiger partial charge in [0.2, 0.25) is 10.7 Å². The van der Waals surface area contributed by atoms with Crippen LogP contribution in [0, 0.1) is 4.77 Å². The first-order valence-electron chi connectivity index (χ1n) is 6.43. The molecule has 0 unspecified atom stereocenters. The topological polar surface area (TPSA) is 46.8 Å². The Balaban J connectivity index is 2.27. The van der Waals surface area contributed by atoms with Gasteiger partial charge in [-0.25, -0.2) is 4.98 Å². The Morgan fingerprint density at radius 1 is 1.30 bits per heavy atom. The Hall–Kier alpha value is -1.53. The van der Waals surface area contributed by atoms with E-state index >= 15 is 0 Å². The van der Waals surface area contributed by atoms with Crippen LogP contribution in [-0.2, 0) is 6.54 Å². The minimum absolute atomic E-state index is 0.469. The van der Waals surface area contributed by atoms with Crippen LogP contribution in [0.1, 0.15) is 19.5 Å². The molecular formula is C13H16ClN5S. The molecule has 2 aromatic heterocycles. The minimum atomic E-state index is 0.469. The second-order valence-corrected chi connectivity index (χ2v) is 4.94. The number of aromatic nitrogens is 4. The van der Waals surface area contributed by atoms with E-state index in [2.05, 4.69) is 28.8 Å². The van der Waals surface area contributed by atoms with E-state index in [0.717, 1.165) is 18.8 Å². The molecule has 0 saturated carbocycles. The summed E-state index contributed by atoms with van der Waals surface area (Å²) in [5.74, 6) is 0.656. The van der Waals surface area contributed by atoms with Crippen LogP contribution in [-0.4, -0.2) is 32.6 Å². The molecule has 0 amide bonds. The molecule has 0 aliphatic rings. The summed E-state index contributed by atoms with van der Waals surface area (Å²) in [5.41, 5.74) is 0.754. The molecule has 0 aliphatic heterocycles. The van der Waals surface area contributed by atoms with Crippen molar-refractivity contribution in [2.24, 2.45) is 0 Å². The number of nitrogens with zero attached hydrogens (tertiary/aromatic N) is 5. The molecular weight excluding hydrogens is 294 g/mol. The maximum Gasteiger partial charge on any atom is 0.229 e. The predicted molar refractivity (Wildman–Crippen MR) is 82.8 cm³/mol. The van der Waals surface area contributed by atoms with Crippen LogP contribution in [0.2, 0.25) is 5.02 Å². The van der Waals surface area contributed by atoms with Crippen molar-refractivity contribution in [2.75, 3.05) is 18.0 Å². The van der Waals surface area contributed by atoms with Crippen LogP contribution in [0.3, 0.4) is 0 Å². The Morgan fingerprint density at radius 3 is 2.65 bits per heavy atom. The van der Waals surface area contributed by atoms with E-state index in [0.29, 0.717) is 22.3 Å². The normalized spacial score (nSPS) is 10.6. The highest BCUT2D eigenvalue weighted by atomic mass is 35.5. The van der Waals surface area contributed by atoms with Gasteiger partial charge in [-0.05, 0) is 38.2 Å². The van der Waals surface area contributed by atoms with Crippen molar-refractivity contribution >= 4 is 29.8 Å². The third-order valence-corrected chi connectivity index (χ3v) is 3.62. The first-order chi connectivity index (χ1) is 9.65. The highest BCUT2D eigenvalue weighted by molar-refractivity contribution is 7.71. The smallest absolute Gasteiger partial charge is 0.229 e. The van der Waals surface area contributed by atoms with Crippen LogP contribution >= 0.6 is 23.8 Å². The summed E-state index contributed by atoms with van der Waals surface area (Å²) in [7, 11) is 0. The Bertz CT molecular complexity index is 639. The molecule has 2 rings (SSSR count).